The van der Waals surface area contributed by atoms with Crippen LogP contribution in [0.25, 0.3) is 0 Å². The monoisotopic (exact) mass is 175 g/mol. The number of hydrogen-bond acceptors (Lipinski definition) is 1. The second-order valence-corrected chi connectivity index (χ2v) is 2.10. The van der Waals surface area contributed by atoms with E-state index >= 15 is 0 Å². The van der Waals surface area contributed by atoms with Crippen molar-refractivity contribution >= 4 is 12.4 Å². The van der Waals surface area contributed by atoms with Crippen molar-refractivity contribution in [2.45, 2.75) is 25.1 Å². The van der Waals surface area contributed by atoms with Crippen LogP contribution in [0.1, 0.15) is 6.42 Å². The van der Waals surface area contributed by atoms with Gasteiger partial charge in [0.2, 0.25) is 0 Å². The second kappa shape index (κ2) is 4.03. The van der Waals surface area contributed by atoms with Gasteiger partial charge < -0.3 is 0 Å². The van der Waals surface area contributed by atoms with Gasteiger partial charge in [-0.15, -0.1) is 12.4 Å². The van der Waals surface area contributed by atoms with Crippen LogP contribution in [0.3, 0.4) is 0 Å². The molecule has 1 aliphatic rings. The molecule has 0 aromatic rings. The molecule has 0 aromatic heterocycles. The molecule has 0 aliphatic carbocycles. The molecular weight excluding hydrogens is 167 g/mol. The largest absolute Gasteiger partial charge is 0.285 e. The molecule has 0 aromatic carbocycles. The highest BCUT2D eigenvalue weighted by Crippen LogP contribution is 2.16. The third-order valence-electron chi connectivity index (χ3n) is 1.38. The number of piperidine rings is 1. The highest BCUT2D eigenvalue weighted by Gasteiger charge is 2.32. The lowest BCUT2D eigenvalue weighted by Crippen LogP contribution is -2.45. The molecule has 10 heavy (non-hydrogen) atoms. The highest BCUT2D eigenvalue weighted by molar-refractivity contribution is 5.85. The van der Waals surface area contributed by atoms with Crippen molar-refractivity contribution in [1.82, 2.24) is 5.32 Å². The van der Waals surface area contributed by atoms with Gasteiger partial charge in [0.25, 0.3) is 0 Å². The number of hydrogen-bond donors (Lipinski definition) is 1. The second-order valence-electron chi connectivity index (χ2n) is 2.10. The molecule has 1 rings (SSSR count). The van der Waals surface area contributed by atoms with Gasteiger partial charge in [-0.1, -0.05) is 0 Å². The predicted molar refractivity (Wildman–Crippen MR) is 34.6 cm³/mol. The molecule has 1 fully saturated rings. The Kier molecular flexibility index (Phi) is 4.05. The van der Waals surface area contributed by atoms with Crippen LogP contribution in [0.4, 0.5) is 13.2 Å². The van der Waals surface area contributed by atoms with E-state index in [1.165, 1.54) is 0 Å². The summed E-state index contributed by atoms with van der Waals surface area (Å²) in [7, 11) is 0. The summed E-state index contributed by atoms with van der Waals surface area (Å²) in [6, 6.07) is 0. The Morgan fingerprint density at radius 3 is 2.20 bits per heavy atom. The molecule has 1 nitrogen and oxygen atoms in total. The summed E-state index contributed by atoms with van der Waals surface area (Å²) in [5.74, 6) is 0. The van der Waals surface area contributed by atoms with Crippen molar-refractivity contribution in [2.75, 3.05) is 6.54 Å². The predicted octanol–water partition coefficient (Wildman–Crippen LogP) is 1.37. The van der Waals surface area contributed by atoms with E-state index in [1.807, 2.05) is 0 Å². The summed E-state index contributed by atoms with van der Waals surface area (Å²) in [5.41, 5.74) is 0. The summed E-state index contributed by atoms with van der Waals surface area (Å²) in [6.45, 7) is 0.225. The van der Waals surface area contributed by atoms with Crippen molar-refractivity contribution in [3.8, 4) is 0 Å². The van der Waals surface area contributed by atoms with Gasteiger partial charge in [-0.05, 0) is 6.42 Å². The van der Waals surface area contributed by atoms with E-state index in [2.05, 4.69) is 5.32 Å². The Hall–Kier alpha value is 0.0400. The molecule has 0 spiro atoms. The van der Waals surface area contributed by atoms with Gasteiger partial charge in [-0.3, -0.25) is 5.32 Å². The van der Waals surface area contributed by atoms with E-state index in [-0.39, 0.29) is 25.4 Å². The smallest absolute Gasteiger partial charge is 0.185 e. The van der Waals surface area contributed by atoms with Crippen LogP contribution in [0.2, 0.25) is 0 Å². The van der Waals surface area contributed by atoms with Crippen LogP contribution in [0, 0.1) is 0 Å². The normalized spacial score (nSPS) is 40.5. The minimum Gasteiger partial charge on any atom is -0.285 e. The zero-order chi connectivity index (χ0) is 6.85. The van der Waals surface area contributed by atoms with Gasteiger partial charge in [-0.2, -0.15) is 0 Å². The SMILES string of the molecule is Cl.FC1CCNC(F)C1F. The molecule has 0 radical (unpaired) electrons. The van der Waals surface area contributed by atoms with Crippen molar-refractivity contribution in [3.05, 3.63) is 0 Å². The number of rotatable bonds is 0. The Morgan fingerprint density at radius 2 is 1.80 bits per heavy atom. The summed E-state index contributed by atoms with van der Waals surface area (Å²) in [5, 5.41) is 2.18. The molecule has 5 heteroatoms. The maximum Gasteiger partial charge on any atom is 0.185 e. The standard InChI is InChI=1S/C5H8F3N.ClH/c6-3-1-2-9-5(8)4(3)7;/h3-5,9H,1-2H2;1H. The van der Waals surface area contributed by atoms with Gasteiger partial charge >= 0.3 is 0 Å². The third-order valence-corrected chi connectivity index (χ3v) is 1.38. The van der Waals surface area contributed by atoms with Crippen molar-refractivity contribution in [1.29, 1.82) is 0 Å². The van der Waals surface area contributed by atoms with Crippen LogP contribution >= 0.6 is 12.4 Å². The number of nitrogens with one attached hydrogen (secondary N) is 1. The van der Waals surface area contributed by atoms with Crippen molar-refractivity contribution in [3.63, 3.8) is 0 Å². The minimum atomic E-state index is -1.97. The first kappa shape index (κ1) is 10.0. The van der Waals surface area contributed by atoms with Crippen LogP contribution < -0.4 is 5.32 Å². The first-order valence-electron chi connectivity index (χ1n) is 2.87. The van der Waals surface area contributed by atoms with Crippen molar-refractivity contribution in [2.24, 2.45) is 0 Å². The molecule has 1 aliphatic heterocycles. The number of alkyl halides is 3. The molecule has 0 saturated carbocycles. The first-order valence-corrected chi connectivity index (χ1v) is 2.87. The molecule has 3 unspecified atom stereocenters. The van der Waals surface area contributed by atoms with E-state index in [0.29, 0.717) is 0 Å². The van der Waals surface area contributed by atoms with Crippen LogP contribution in [-0.2, 0) is 0 Å². The highest BCUT2D eigenvalue weighted by atomic mass is 35.5. The Labute approximate surface area is 63.4 Å². The van der Waals surface area contributed by atoms with Crippen LogP contribution in [-0.4, -0.2) is 25.2 Å². The van der Waals surface area contributed by atoms with E-state index in [0.717, 1.165) is 0 Å². The Balaban J connectivity index is 0.000000810. The van der Waals surface area contributed by atoms with E-state index in [4.69, 9.17) is 0 Å². The van der Waals surface area contributed by atoms with Gasteiger partial charge in [0.1, 0.15) is 6.17 Å². The fourth-order valence-corrected chi connectivity index (χ4v) is 0.814. The lowest BCUT2D eigenvalue weighted by molar-refractivity contribution is 0.0321. The van der Waals surface area contributed by atoms with Crippen LogP contribution in [0.15, 0.2) is 0 Å². The minimum absolute atomic E-state index is 0. The molecule has 3 atom stereocenters. The summed E-state index contributed by atoms with van der Waals surface area (Å²) < 4.78 is 36.4. The summed E-state index contributed by atoms with van der Waals surface area (Å²) in [6.07, 6.45) is -5.34. The van der Waals surface area contributed by atoms with Crippen molar-refractivity contribution < 1.29 is 13.2 Å². The topological polar surface area (TPSA) is 12.0 Å². The Morgan fingerprint density at radius 1 is 1.20 bits per heavy atom. The molecule has 0 amide bonds. The molecule has 1 N–H and O–H groups in total. The van der Waals surface area contributed by atoms with E-state index in [9.17, 15) is 13.2 Å². The molecule has 62 valence electrons. The quantitative estimate of drug-likeness (QED) is 0.549. The zero-order valence-corrected chi connectivity index (χ0v) is 6.00. The molecular formula is C5H9ClF3N. The maximum absolute atomic E-state index is 12.2. The Bertz CT molecular complexity index is 92.9. The average Bonchev–Trinajstić information content (AvgIpc) is 1.83. The third kappa shape index (κ3) is 2.02. The molecule has 1 heterocycles. The van der Waals surface area contributed by atoms with Gasteiger partial charge in [0, 0.05) is 6.54 Å². The number of halogens is 4. The van der Waals surface area contributed by atoms with E-state index < -0.39 is 18.6 Å². The maximum atomic E-state index is 12.2. The zero-order valence-electron chi connectivity index (χ0n) is 5.19. The molecule has 0 bridgehead atoms. The van der Waals surface area contributed by atoms with Gasteiger partial charge in [0.05, 0.1) is 0 Å². The summed E-state index contributed by atoms with van der Waals surface area (Å²) in [4.78, 5) is 0. The van der Waals surface area contributed by atoms with Crippen LogP contribution in [0.5, 0.6) is 0 Å². The van der Waals surface area contributed by atoms with Gasteiger partial charge in [-0.25, -0.2) is 13.2 Å². The fraction of sp³-hybridized carbons (Fsp3) is 1.00. The van der Waals surface area contributed by atoms with Gasteiger partial charge in [0.15, 0.2) is 12.5 Å². The average molecular weight is 176 g/mol. The fourth-order valence-electron chi connectivity index (χ4n) is 0.814. The lowest BCUT2D eigenvalue weighted by atomic mass is 10.1. The van der Waals surface area contributed by atoms with E-state index in [1.54, 1.807) is 0 Å². The lowest BCUT2D eigenvalue weighted by Gasteiger charge is -2.23. The first-order chi connectivity index (χ1) is 4.22. The molecule has 1 saturated heterocycles. The summed E-state index contributed by atoms with van der Waals surface area (Å²) >= 11 is 0.